The molecular weight excluding hydrogens is 276 g/mol. The first-order chi connectivity index (χ1) is 9.57. The fraction of sp³-hybridized carbons (Fsp3) is 0.769. The Morgan fingerprint density at radius 1 is 1.45 bits per heavy atom. The molecule has 2 saturated heterocycles. The van der Waals surface area contributed by atoms with Gasteiger partial charge in [-0.2, -0.15) is 9.40 Å². The summed E-state index contributed by atoms with van der Waals surface area (Å²) in [5.41, 5.74) is 0.141. The van der Waals surface area contributed by atoms with Crippen molar-refractivity contribution < 1.29 is 8.42 Å². The molecule has 1 aromatic rings. The van der Waals surface area contributed by atoms with Gasteiger partial charge in [0.05, 0.1) is 6.20 Å². The van der Waals surface area contributed by atoms with Crippen LogP contribution in [0.25, 0.3) is 0 Å². The minimum atomic E-state index is -3.42. The van der Waals surface area contributed by atoms with E-state index in [4.69, 9.17) is 0 Å². The number of piperidine rings is 1. The van der Waals surface area contributed by atoms with Crippen molar-refractivity contribution >= 4 is 10.0 Å². The fourth-order valence-corrected chi connectivity index (χ4v) is 5.17. The smallest absolute Gasteiger partial charge is 0.260 e. The standard InChI is InChI=1S/C13H22N4O2S/c1-2-17-12(4-7-15-17)20(18,19)16-9-3-5-13(11-16)6-8-14-10-13/h4,7,14H,2-3,5-6,8-11H2,1H3/t13-/m1/s1. The topological polar surface area (TPSA) is 67.2 Å². The van der Waals surface area contributed by atoms with Crippen molar-refractivity contribution in [2.24, 2.45) is 5.41 Å². The predicted molar refractivity (Wildman–Crippen MR) is 75.8 cm³/mol. The highest BCUT2D eigenvalue weighted by atomic mass is 32.2. The molecule has 0 amide bonds. The molecule has 0 aromatic carbocycles. The highest BCUT2D eigenvalue weighted by Crippen LogP contribution is 2.37. The van der Waals surface area contributed by atoms with Crippen molar-refractivity contribution in [1.82, 2.24) is 19.4 Å². The summed E-state index contributed by atoms with van der Waals surface area (Å²) in [4.78, 5) is 0. The molecule has 112 valence electrons. The molecule has 0 bridgehead atoms. The molecule has 1 N–H and O–H groups in total. The zero-order valence-corrected chi connectivity index (χ0v) is 12.7. The maximum atomic E-state index is 12.8. The van der Waals surface area contributed by atoms with Gasteiger partial charge in [0.1, 0.15) is 0 Å². The Balaban J connectivity index is 1.87. The van der Waals surface area contributed by atoms with Crippen molar-refractivity contribution in [2.75, 3.05) is 26.2 Å². The maximum Gasteiger partial charge on any atom is 0.260 e. The van der Waals surface area contributed by atoms with E-state index in [1.807, 2.05) is 6.92 Å². The number of aromatic nitrogens is 2. The molecule has 6 nitrogen and oxygen atoms in total. The molecule has 7 heteroatoms. The molecule has 1 aromatic heterocycles. The molecule has 2 aliphatic rings. The molecule has 3 rings (SSSR count). The van der Waals surface area contributed by atoms with E-state index >= 15 is 0 Å². The van der Waals surface area contributed by atoms with Crippen LogP contribution in [0.5, 0.6) is 0 Å². The number of hydrogen-bond donors (Lipinski definition) is 1. The van der Waals surface area contributed by atoms with Crippen LogP contribution in [0.3, 0.4) is 0 Å². The third-order valence-electron chi connectivity index (χ3n) is 4.54. The van der Waals surface area contributed by atoms with Crippen molar-refractivity contribution in [3.63, 3.8) is 0 Å². The summed E-state index contributed by atoms with van der Waals surface area (Å²) in [5.74, 6) is 0. The van der Waals surface area contributed by atoms with Crippen LogP contribution < -0.4 is 5.32 Å². The van der Waals surface area contributed by atoms with Gasteiger partial charge in [0.15, 0.2) is 5.03 Å². The first kappa shape index (κ1) is 14.0. The van der Waals surface area contributed by atoms with Crippen LogP contribution in [-0.2, 0) is 16.6 Å². The van der Waals surface area contributed by atoms with Crippen molar-refractivity contribution in [3.8, 4) is 0 Å². The van der Waals surface area contributed by atoms with Crippen LogP contribution in [0, 0.1) is 5.41 Å². The minimum absolute atomic E-state index is 0.141. The van der Waals surface area contributed by atoms with E-state index in [1.165, 1.54) is 0 Å². The second-order valence-electron chi connectivity index (χ2n) is 5.85. The van der Waals surface area contributed by atoms with E-state index < -0.39 is 10.0 Å². The summed E-state index contributed by atoms with van der Waals surface area (Å²) >= 11 is 0. The lowest BCUT2D eigenvalue weighted by Crippen LogP contribution is -2.47. The van der Waals surface area contributed by atoms with E-state index in [0.29, 0.717) is 24.7 Å². The Kier molecular flexibility index (Phi) is 3.60. The zero-order valence-electron chi connectivity index (χ0n) is 11.9. The minimum Gasteiger partial charge on any atom is -0.316 e. The summed E-state index contributed by atoms with van der Waals surface area (Å²) in [5, 5.41) is 7.78. The lowest BCUT2D eigenvalue weighted by Gasteiger charge is -2.39. The Hall–Kier alpha value is -0.920. The van der Waals surface area contributed by atoms with E-state index in [1.54, 1.807) is 21.3 Å². The first-order valence-corrected chi connectivity index (χ1v) is 8.74. The third kappa shape index (κ3) is 2.27. The van der Waals surface area contributed by atoms with Gasteiger partial charge in [0.2, 0.25) is 0 Å². The highest BCUT2D eigenvalue weighted by molar-refractivity contribution is 7.89. The quantitative estimate of drug-likeness (QED) is 0.890. The summed E-state index contributed by atoms with van der Waals surface area (Å²) in [6.07, 6.45) is 4.71. The van der Waals surface area contributed by atoms with Gasteiger partial charge in [-0.05, 0) is 44.2 Å². The van der Waals surface area contributed by atoms with Gasteiger partial charge in [0.25, 0.3) is 10.0 Å². The van der Waals surface area contributed by atoms with Crippen LogP contribution in [0.15, 0.2) is 17.3 Å². The molecule has 0 radical (unpaired) electrons. The summed E-state index contributed by atoms with van der Waals surface area (Å²) in [7, 11) is -3.42. The van der Waals surface area contributed by atoms with Gasteiger partial charge in [0, 0.05) is 26.2 Å². The van der Waals surface area contributed by atoms with Crippen LogP contribution in [0.1, 0.15) is 26.2 Å². The van der Waals surface area contributed by atoms with Gasteiger partial charge in [-0.15, -0.1) is 0 Å². The Morgan fingerprint density at radius 3 is 3.00 bits per heavy atom. The average Bonchev–Trinajstić information content (AvgIpc) is 3.08. The number of nitrogens with zero attached hydrogens (tertiary/aromatic N) is 3. The average molecular weight is 298 g/mol. The van der Waals surface area contributed by atoms with Crippen LogP contribution >= 0.6 is 0 Å². The van der Waals surface area contributed by atoms with Gasteiger partial charge < -0.3 is 5.32 Å². The number of rotatable bonds is 3. The van der Waals surface area contributed by atoms with Crippen LogP contribution in [-0.4, -0.2) is 48.7 Å². The number of aryl methyl sites for hydroxylation is 1. The molecule has 0 aliphatic carbocycles. The van der Waals surface area contributed by atoms with Gasteiger partial charge in [-0.1, -0.05) is 0 Å². The lowest BCUT2D eigenvalue weighted by molar-refractivity contribution is 0.166. The normalized spacial score (nSPS) is 28.2. The van der Waals surface area contributed by atoms with Crippen molar-refractivity contribution in [2.45, 2.75) is 37.8 Å². The van der Waals surface area contributed by atoms with Gasteiger partial charge >= 0.3 is 0 Å². The second-order valence-corrected chi connectivity index (χ2v) is 7.74. The van der Waals surface area contributed by atoms with E-state index in [0.717, 1.165) is 32.4 Å². The monoisotopic (exact) mass is 298 g/mol. The lowest BCUT2D eigenvalue weighted by atomic mass is 9.80. The number of sulfonamides is 1. The van der Waals surface area contributed by atoms with Crippen molar-refractivity contribution in [1.29, 1.82) is 0 Å². The third-order valence-corrected chi connectivity index (χ3v) is 6.41. The van der Waals surface area contributed by atoms with E-state index in [-0.39, 0.29) is 5.41 Å². The Morgan fingerprint density at radius 2 is 2.30 bits per heavy atom. The molecule has 1 spiro atoms. The zero-order chi connectivity index (χ0) is 14.2. The van der Waals surface area contributed by atoms with Crippen LogP contribution in [0.4, 0.5) is 0 Å². The van der Waals surface area contributed by atoms with Crippen LogP contribution in [0.2, 0.25) is 0 Å². The van der Waals surface area contributed by atoms with Crippen molar-refractivity contribution in [3.05, 3.63) is 12.3 Å². The summed E-state index contributed by atoms with van der Waals surface area (Å²) < 4.78 is 28.8. The van der Waals surface area contributed by atoms with E-state index in [2.05, 4.69) is 10.4 Å². The fourth-order valence-electron chi connectivity index (χ4n) is 3.42. The Bertz CT molecular complexity index is 575. The number of hydrogen-bond acceptors (Lipinski definition) is 4. The maximum absolute atomic E-state index is 12.8. The highest BCUT2D eigenvalue weighted by Gasteiger charge is 2.42. The second kappa shape index (κ2) is 5.13. The van der Waals surface area contributed by atoms with E-state index in [9.17, 15) is 8.42 Å². The van der Waals surface area contributed by atoms with Gasteiger partial charge in [-0.3, -0.25) is 4.68 Å². The summed E-state index contributed by atoms with van der Waals surface area (Å²) in [6.45, 7) is 5.68. The molecule has 0 saturated carbocycles. The molecule has 2 fully saturated rings. The number of nitrogens with one attached hydrogen (secondary N) is 1. The summed E-state index contributed by atoms with van der Waals surface area (Å²) in [6, 6.07) is 1.60. The molecule has 2 aliphatic heterocycles. The molecule has 1 atom stereocenters. The SMILES string of the molecule is CCn1nccc1S(=O)(=O)N1CCC[C@]2(CCNC2)C1. The first-order valence-electron chi connectivity index (χ1n) is 7.30. The molecular formula is C13H22N4O2S. The predicted octanol–water partition coefficient (Wildman–Crippen LogP) is 0.667. The largest absolute Gasteiger partial charge is 0.316 e. The van der Waals surface area contributed by atoms with Gasteiger partial charge in [-0.25, -0.2) is 8.42 Å². The Labute approximate surface area is 120 Å². The molecule has 0 unspecified atom stereocenters. The molecule has 3 heterocycles. The molecule has 20 heavy (non-hydrogen) atoms.